The van der Waals surface area contributed by atoms with Gasteiger partial charge in [0.25, 0.3) is 0 Å². The first-order valence-corrected chi connectivity index (χ1v) is 5.45. The van der Waals surface area contributed by atoms with Crippen LogP contribution in [0.3, 0.4) is 0 Å². The molecule has 1 aromatic carbocycles. The molecule has 2 heterocycles. The van der Waals surface area contributed by atoms with E-state index in [0.717, 1.165) is 5.56 Å². The predicted octanol–water partition coefficient (Wildman–Crippen LogP) is 0.555. The van der Waals surface area contributed by atoms with Gasteiger partial charge in [0.1, 0.15) is 6.54 Å². The van der Waals surface area contributed by atoms with Gasteiger partial charge in [-0.1, -0.05) is 16.8 Å². The molecule has 0 saturated carbocycles. The molecule has 0 aliphatic rings. The number of H-pyrrole nitrogens is 1. The fourth-order valence-corrected chi connectivity index (χ4v) is 1.53. The van der Waals surface area contributed by atoms with E-state index >= 15 is 0 Å². The maximum atomic E-state index is 5.81. The SMILES string of the molecule is Clc1ccc(-c2nnn(Cc3nn[nH]n3)n2)cc1. The van der Waals surface area contributed by atoms with Gasteiger partial charge in [-0.25, -0.2) is 0 Å². The summed E-state index contributed by atoms with van der Waals surface area (Å²) in [6.45, 7) is 0.317. The molecule has 0 aliphatic carbocycles. The molecule has 3 aromatic rings. The normalized spacial score (nSPS) is 10.7. The van der Waals surface area contributed by atoms with Crippen molar-refractivity contribution in [2.75, 3.05) is 0 Å². The number of nitrogens with one attached hydrogen (secondary N) is 1. The van der Waals surface area contributed by atoms with Crippen LogP contribution in [0, 0.1) is 0 Å². The first kappa shape index (κ1) is 10.8. The minimum Gasteiger partial charge on any atom is -0.177 e. The van der Waals surface area contributed by atoms with Crippen molar-refractivity contribution in [3.63, 3.8) is 0 Å². The molecule has 0 radical (unpaired) electrons. The lowest BCUT2D eigenvalue weighted by atomic mass is 10.2. The van der Waals surface area contributed by atoms with Crippen molar-refractivity contribution in [3.05, 3.63) is 35.1 Å². The predicted molar refractivity (Wildman–Crippen MR) is 61.5 cm³/mol. The average molecular weight is 263 g/mol. The van der Waals surface area contributed by atoms with Crippen molar-refractivity contribution in [1.82, 2.24) is 40.8 Å². The molecule has 0 atom stereocenters. The maximum Gasteiger partial charge on any atom is 0.204 e. The number of hydrogen-bond donors (Lipinski definition) is 1. The molecule has 0 fully saturated rings. The third kappa shape index (κ3) is 2.18. The molecule has 8 nitrogen and oxygen atoms in total. The van der Waals surface area contributed by atoms with E-state index in [1.807, 2.05) is 12.1 Å². The summed E-state index contributed by atoms with van der Waals surface area (Å²) >= 11 is 5.81. The van der Waals surface area contributed by atoms with Gasteiger partial charge in [-0.2, -0.15) is 10.0 Å². The van der Waals surface area contributed by atoms with Crippen LogP contribution in [0.5, 0.6) is 0 Å². The highest BCUT2D eigenvalue weighted by atomic mass is 35.5. The van der Waals surface area contributed by atoms with Gasteiger partial charge >= 0.3 is 0 Å². The Morgan fingerprint density at radius 3 is 2.72 bits per heavy atom. The first-order chi connectivity index (χ1) is 8.81. The van der Waals surface area contributed by atoms with Crippen LogP contribution in [0.2, 0.25) is 5.02 Å². The maximum absolute atomic E-state index is 5.81. The number of hydrogen-bond acceptors (Lipinski definition) is 6. The van der Waals surface area contributed by atoms with E-state index in [1.165, 1.54) is 4.80 Å². The molecular formula is C9H7ClN8. The molecule has 3 rings (SSSR count). The molecule has 0 aliphatic heterocycles. The summed E-state index contributed by atoms with van der Waals surface area (Å²) in [5, 5.41) is 26.2. The van der Waals surface area contributed by atoms with Gasteiger partial charge in [0.15, 0.2) is 5.82 Å². The van der Waals surface area contributed by atoms with E-state index in [-0.39, 0.29) is 0 Å². The molecule has 0 amide bonds. The second-order valence-corrected chi connectivity index (χ2v) is 3.91. The second-order valence-electron chi connectivity index (χ2n) is 3.48. The minimum absolute atomic E-state index is 0.317. The lowest BCUT2D eigenvalue weighted by Crippen LogP contribution is -2.05. The van der Waals surface area contributed by atoms with Crippen LogP contribution in [0.15, 0.2) is 24.3 Å². The average Bonchev–Trinajstić information content (AvgIpc) is 3.02. The van der Waals surface area contributed by atoms with Gasteiger partial charge in [-0.15, -0.1) is 20.4 Å². The summed E-state index contributed by atoms with van der Waals surface area (Å²) in [5.41, 5.74) is 0.846. The summed E-state index contributed by atoms with van der Waals surface area (Å²) in [4.78, 5) is 1.40. The molecule has 9 heteroatoms. The smallest absolute Gasteiger partial charge is 0.177 e. The van der Waals surface area contributed by atoms with Crippen molar-refractivity contribution >= 4 is 11.6 Å². The molecule has 1 N–H and O–H groups in total. The number of aromatic nitrogens is 8. The van der Waals surface area contributed by atoms with E-state index in [4.69, 9.17) is 11.6 Å². The van der Waals surface area contributed by atoms with E-state index in [0.29, 0.717) is 23.2 Å². The topological polar surface area (TPSA) is 98.1 Å². The third-order valence-electron chi connectivity index (χ3n) is 2.23. The number of nitrogens with zero attached hydrogens (tertiary/aromatic N) is 7. The number of aromatic amines is 1. The Labute approximate surface area is 106 Å². The largest absolute Gasteiger partial charge is 0.204 e. The monoisotopic (exact) mass is 262 g/mol. The van der Waals surface area contributed by atoms with Crippen molar-refractivity contribution < 1.29 is 0 Å². The summed E-state index contributed by atoms with van der Waals surface area (Å²) < 4.78 is 0. The van der Waals surface area contributed by atoms with Crippen molar-refractivity contribution in [3.8, 4) is 11.4 Å². The van der Waals surface area contributed by atoms with Gasteiger partial charge in [0.05, 0.1) is 0 Å². The molecule has 18 heavy (non-hydrogen) atoms. The third-order valence-corrected chi connectivity index (χ3v) is 2.48. The molecule has 0 saturated heterocycles. The van der Waals surface area contributed by atoms with Gasteiger partial charge < -0.3 is 0 Å². The summed E-state index contributed by atoms with van der Waals surface area (Å²) in [6, 6.07) is 7.21. The van der Waals surface area contributed by atoms with E-state index in [1.54, 1.807) is 12.1 Å². The summed E-state index contributed by atoms with van der Waals surface area (Å²) in [6.07, 6.45) is 0. The van der Waals surface area contributed by atoms with Crippen LogP contribution >= 0.6 is 11.6 Å². The van der Waals surface area contributed by atoms with Gasteiger partial charge in [0, 0.05) is 10.6 Å². The van der Waals surface area contributed by atoms with Crippen LogP contribution in [0.4, 0.5) is 0 Å². The van der Waals surface area contributed by atoms with Crippen LogP contribution in [0.1, 0.15) is 5.82 Å². The molecule has 2 aromatic heterocycles. The molecular weight excluding hydrogens is 256 g/mol. The second kappa shape index (κ2) is 4.49. The van der Waals surface area contributed by atoms with Crippen LogP contribution in [-0.2, 0) is 6.54 Å². The highest BCUT2D eigenvalue weighted by Gasteiger charge is 2.07. The molecule has 0 bridgehead atoms. The van der Waals surface area contributed by atoms with Crippen LogP contribution in [-0.4, -0.2) is 40.8 Å². The van der Waals surface area contributed by atoms with Gasteiger partial charge in [0.2, 0.25) is 5.82 Å². The zero-order valence-electron chi connectivity index (χ0n) is 9.02. The quantitative estimate of drug-likeness (QED) is 0.740. The van der Waals surface area contributed by atoms with E-state index < -0.39 is 0 Å². The van der Waals surface area contributed by atoms with Crippen LogP contribution in [0.25, 0.3) is 11.4 Å². The van der Waals surface area contributed by atoms with Gasteiger partial charge in [-0.05, 0) is 29.5 Å². The Balaban J connectivity index is 1.83. The fourth-order valence-electron chi connectivity index (χ4n) is 1.40. The zero-order valence-corrected chi connectivity index (χ0v) is 9.78. The highest BCUT2D eigenvalue weighted by Crippen LogP contribution is 2.16. The first-order valence-electron chi connectivity index (χ1n) is 5.07. The lowest BCUT2D eigenvalue weighted by Gasteiger charge is -1.94. The van der Waals surface area contributed by atoms with E-state index in [2.05, 4.69) is 36.0 Å². The Morgan fingerprint density at radius 1 is 1.17 bits per heavy atom. The molecule has 0 unspecified atom stereocenters. The van der Waals surface area contributed by atoms with Crippen molar-refractivity contribution in [2.45, 2.75) is 6.54 Å². The number of tetrazole rings is 2. The number of halogens is 1. The van der Waals surface area contributed by atoms with Gasteiger partial charge in [-0.3, -0.25) is 0 Å². The zero-order chi connectivity index (χ0) is 12.4. The Bertz CT molecular complexity index is 629. The van der Waals surface area contributed by atoms with E-state index in [9.17, 15) is 0 Å². The lowest BCUT2D eigenvalue weighted by molar-refractivity contribution is 0.555. The summed E-state index contributed by atoms with van der Waals surface area (Å²) in [5.74, 6) is 1.02. The minimum atomic E-state index is 0.317. The Hall–Kier alpha value is -2.35. The van der Waals surface area contributed by atoms with Crippen LogP contribution < -0.4 is 0 Å². The highest BCUT2D eigenvalue weighted by molar-refractivity contribution is 6.30. The Morgan fingerprint density at radius 2 is 2.00 bits per heavy atom. The van der Waals surface area contributed by atoms with Crippen molar-refractivity contribution in [2.24, 2.45) is 0 Å². The fraction of sp³-hybridized carbons (Fsp3) is 0.111. The summed E-state index contributed by atoms with van der Waals surface area (Å²) in [7, 11) is 0. The van der Waals surface area contributed by atoms with Crippen molar-refractivity contribution in [1.29, 1.82) is 0 Å². The Kier molecular flexibility index (Phi) is 2.69. The number of benzene rings is 1. The molecule has 0 spiro atoms. The standard InChI is InChI=1S/C9H7ClN8/c10-7-3-1-6(2-4-7)9-13-17-18(14-9)5-8-11-15-16-12-8/h1-4H,5H2,(H,11,12,15,16). The number of rotatable bonds is 3. The molecule has 90 valence electrons.